The van der Waals surface area contributed by atoms with E-state index in [4.69, 9.17) is 9.47 Å². The monoisotopic (exact) mass is 872 g/mol. The zero-order valence-corrected chi connectivity index (χ0v) is 35.2. The Balaban J connectivity index is 1.18. The lowest BCUT2D eigenvalue weighted by Crippen LogP contribution is -2.42. The number of sulfone groups is 1. The third kappa shape index (κ3) is 11.1. The molecule has 320 valence electrons. The summed E-state index contributed by atoms with van der Waals surface area (Å²) in [5.41, 5.74) is -6.66. The number of aromatic nitrogens is 3. The fraction of sp³-hybridized carbons (Fsp3) is 0.595. The molecule has 4 heterocycles. The van der Waals surface area contributed by atoms with E-state index < -0.39 is 46.8 Å². The number of carbonyl (C=O) groups excluding carboxylic acids is 1. The minimum absolute atomic E-state index is 0.134. The van der Waals surface area contributed by atoms with Crippen molar-refractivity contribution >= 4 is 49.4 Å². The number of nitrogens with zero attached hydrogens (tertiary/aromatic N) is 6. The highest BCUT2D eigenvalue weighted by Gasteiger charge is 2.48. The van der Waals surface area contributed by atoms with Gasteiger partial charge in [0.05, 0.1) is 30.3 Å². The van der Waals surface area contributed by atoms with E-state index in [-0.39, 0.29) is 23.8 Å². The van der Waals surface area contributed by atoms with Crippen molar-refractivity contribution in [3.63, 3.8) is 0 Å². The molecule has 2 N–H and O–H groups in total. The second-order valence-corrected chi connectivity index (χ2v) is 20.2. The summed E-state index contributed by atoms with van der Waals surface area (Å²) in [5.74, 6) is 0.728. The summed E-state index contributed by atoms with van der Waals surface area (Å²) in [6, 6.07) is 11.7. The number of sulfonamides is 1. The summed E-state index contributed by atoms with van der Waals surface area (Å²) >= 11 is 1.47. The van der Waals surface area contributed by atoms with Gasteiger partial charge in [-0.2, -0.15) is 13.2 Å². The predicted molar refractivity (Wildman–Crippen MR) is 213 cm³/mol. The highest BCUT2D eigenvalue weighted by molar-refractivity contribution is 7.99. The first-order valence-corrected chi connectivity index (χ1v) is 23.2. The lowest BCUT2D eigenvalue weighted by molar-refractivity contribution is -0.0436. The molecule has 3 aromatic rings. The number of nitrogens with one attached hydrogen (secondary N) is 2. The average Bonchev–Trinajstić information content (AvgIpc) is 3.38. The van der Waals surface area contributed by atoms with E-state index in [1.807, 2.05) is 51.1 Å². The van der Waals surface area contributed by atoms with Crippen LogP contribution in [0.4, 0.5) is 29.6 Å². The molecule has 0 aliphatic carbocycles. The van der Waals surface area contributed by atoms with Crippen LogP contribution in [0.5, 0.6) is 0 Å². The Morgan fingerprint density at radius 1 is 0.966 bits per heavy atom. The normalized spacial score (nSPS) is 19.6. The number of alkyl halides is 3. The van der Waals surface area contributed by atoms with Gasteiger partial charge < -0.3 is 19.7 Å². The van der Waals surface area contributed by atoms with Crippen molar-refractivity contribution < 1.29 is 44.3 Å². The number of carbonyl (C=O) groups is 1. The average molecular weight is 873 g/mol. The number of benzene rings is 2. The molecule has 21 heteroatoms. The molecule has 2 fully saturated rings. The quantitative estimate of drug-likeness (QED) is 0.214. The Morgan fingerprint density at radius 3 is 2.41 bits per heavy atom. The number of thioether (sulfide) groups is 1. The van der Waals surface area contributed by atoms with E-state index in [9.17, 15) is 34.8 Å². The van der Waals surface area contributed by atoms with Crippen LogP contribution in [-0.4, -0.2) is 134 Å². The highest BCUT2D eigenvalue weighted by atomic mass is 32.2. The van der Waals surface area contributed by atoms with E-state index in [1.165, 1.54) is 11.8 Å². The highest BCUT2D eigenvalue weighted by Crippen LogP contribution is 2.37. The summed E-state index contributed by atoms with van der Waals surface area (Å²) in [5, 5.41) is 11.3. The Hall–Kier alpha value is -3.63. The topological polar surface area (TPSA) is 168 Å². The van der Waals surface area contributed by atoms with Crippen molar-refractivity contribution in [2.24, 2.45) is 0 Å². The zero-order chi connectivity index (χ0) is 41.7. The van der Waals surface area contributed by atoms with Gasteiger partial charge in [-0.1, -0.05) is 18.2 Å². The lowest BCUT2D eigenvalue weighted by Gasteiger charge is -2.34. The van der Waals surface area contributed by atoms with Crippen LogP contribution in [0.25, 0.3) is 0 Å². The van der Waals surface area contributed by atoms with Gasteiger partial charge in [-0.15, -0.1) is 22.0 Å². The standard InChI is InChI=1S/C37H51F3N8O7S3/c1-36(2,3)55-35(49)46-15-7-8-28(14-17-46)47-18-19-48-33(25-47)42-43-34(48)44-58(52,53)30-11-12-31(32(24-30)57(50,51)37(38,39)40)41-27(13-16-45-20-22-54-23-21-45)26-56-29-9-5-4-6-10-29/h4-6,9-12,24,27-28,41H,7-8,13-23,25-26H2,1-3H3,(H,43,44)/t27-,28?/m1/s1. The molecule has 0 spiro atoms. The molecule has 0 radical (unpaired) electrons. The lowest BCUT2D eigenvalue weighted by atomic mass is 10.1. The molecule has 1 aromatic heterocycles. The summed E-state index contributed by atoms with van der Waals surface area (Å²) in [7, 11) is -10.7. The maximum atomic E-state index is 14.2. The van der Waals surface area contributed by atoms with Crippen LogP contribution in [-0.2, 0) is 42.4 Å². The van der Waals surface area contributed by atoms with Gasteiger partial charge in [-0.05, 0) is 76.8 Å². The van der Waals surface area contributed by atoms with E-state index in [2.05, 4.69) is 30.0 Å². The third-order valence-electron chi connectivity index (χ3n) is 10.2. The minimum Gasteiger partial charge on any atom is -0.444 e. The molecule has 0 saturated carbocycles. The molecule has 0 bridgehead atoms. The molecule has 6 rings (SSSR count). The van der Waals surface area contributed by atoms with Crippen LogP contribution in [0.1, 0.15) is 52.3 Å². The van der Waals surface area contributed by atoms with Gasteiger partial charge in [0.2, 0.25) is 5.95 Å². The molecule has 3 aliphatic rings. The van der Waals surface area contributed by atoms with E-state index in [1.54, 1.807) is 9.47 Å². The predicted octanol–water partition coefficient (Wildman–Crippen LogP) is 5.27. The largest absolute Gasteiger partial charge is 0.501 e. The van der Waals surface area contributed by atoms with E-state index >= 15 is 0 Å². The Kier molecular flexibility index (Phi) is 13.9. The molecule has 2 saturated heterocycles. The molecule has 15 nitrogen and oxygen atoms in total. The Morgan fingerprint density at radius 2 is 1.71 bits per heavy atom. The zero-order valence-electron chi connectivity index (χ0n) is 32.8. The van der Waals surface area contributed by atoms with E-state index in [0.717, 1.165) is 29.9 Å². The smallest absolute Gasteiger partial charge is 0.444 e. The number of ether oxygens (including phenoxy) is 2. The molecule has 3 aliphatic heterocycles. The van der Waals surface area contributed by atoms with Gasteiger partial charge in [0.25, 0.3) is 19.9 Å². The van der Waals surface area contributed by atoms with Crippen molar-refractivity contribution in [2.75, 3.05) is 68.3 Å². The van der Waals surface area contributed by atoms with Gasteiger partial charge in [-0.3, -0.25) is 14.4 Å². The first-order chi connectivity index (χ1) is 27.4. The molecule has 2 aromatic carbocycles. The number of amides is 1. The van der Waals surface area contributed by atoms with Crippen LogP contribution < -0.4 is 10.0 Å². The number of anilines is 2. The second kappa shape index (κ2) is 18.3. The number of rotatable bonds is 13. The molecule has 2 atom stereocenters. The van der Waals surface area contributed by atoms with Gasteiger partial charge in [0.1, 0.15) is 16.3 Å². The van der Waals surface area contributed by atoms with Crippen LogP contribution in [0.3, 0.4) is 0 Å². The van der Waals surface area contributed by atoms with Crippen molar-refractivity contribution in [1.82, 2.24) is 29.5 Å². The van der Waals surface area contributed by atoms with Gasteiger partial charge in [-0.25, -0.2) is 26.4 Å². The second-order valence-electron chi connectivity index (χ2n) is 15.5. The number of fused-ring (bicyclic) bond motifs is 1. The van der Waals surface area contributed by atoms with Crippen LogP contribution >= 0.6 is 11.8 Å². The molecular weight excluding hydrogens is 822 g/mol. The number of hydrogen-bond acceptors (Lipinski definition) is 13. The third-order valence-corrected chi connectivity index (χ3v) is 14.2. The molecule has 1 amide bonds. The van der Waals surface area contributed by atoms with Gasteiger partial charge in [0, 0.05) is 68.5 Å². The van der Waals surface area contributed by atoms with Crippen molar-refractivity contribution in [2.45, 2.75) is 97.4 Å². The maximum Gasteiger partial charge on any atom is 0.501 e. The maximum absolute atomic E-state index is 14.2. The minimum atomic E-state index is -6.01. The van der Waals surface area contributed by atoms with Gasteiger partial charge in [0.15, 0.2) is 0 Å². The summed E-state index contributed by atoms with van der Waals surface area (Å²) < 4.78 is 111. The fourth-order valence-electron chi connectivity index (χ4n) is 7.13. The number of morpholine rings is 1. The van der Waals surface area contributed by atoms with Crippen molar-refractivity contribution in [1.29, 1.82) is 0 Å². The van der Waals surface area contributed by atoms with E-state index in [0.29, 0.717) is 96.1 Å². The SMILES string of the molecule is CC(C)(C)OC(=O)N1CCCC(N2CCn3c(nnc3NS(=O)(=O)c3ccc(N[C@H](CCN4CCOCC4)CSc4ccccc4)c(S(=O)(=O)C(F)(F)F)c3)C2)CC1. The van der Waals surface area contributed by atoms with Crippen LogP contribution in [0.15, 0.2) is 63.2 Å². The summed E-state index contributed by atoms with van der Waals surface area (Å²) in [4.78, 5) is 17.8. The molecule has 58 heavy (non-hydrogen) atoms. The number of hydrogen-bond donors (Lipinski definition) is 2. The fourth-order valence-corrected chi connectivity index (χ4v) is 10.2. The molecular formula is C37H51F3N8O7S3. The summed E-state index contributed by atoms with van der Waals surface area (Å²) in [6.45, 7) is 10.9. The first-order valence-electron chi connectivity index (χ1n) is 19.3. The molecule has 1 unspecified atom stereocenters. The van der Waals surface area contributed by atoms with Crippen molar-refractivity contribution in [3.05, 3.63) is 54.4 Å². The Labute approximate surface area is 342 Å². The first kappa shape index (κ1) is 43.9. The van der Waals surface area contributed by atoms with Crippen LogP contribution in [0, 0.1) is 0 Å². The van der Waals surface area contributed by atoms with Gasteiger partial charge >= 0.3 is 11.6 Å². The number of likely N-dealkylation sites (tertiary alicyclic amines) is 1. The van der Waals surface area contributed by atoms with Crippen molar-refractivity contribution in [3.8, 4) is 0 Å². The Bertz CT molecular complexity index is 2100. The summed E-state index contributed by atoms with van der Waals surface area (Å²) in [6.07, 6.45) is 2.44. The number of halogens is 3. The van der Waals surface area contributed by atoms with Crippen LogP contribution in [0.2, 0.25) is 0 Å².